The Morgan fingerprint density at radius 2 is 1.85 bits per heavy atom. The maximum absolute atomic E-state index is 13.0. The SMILES string of the molecule is COC(=O)C(C)(C)[C@H](N)c1ccc(F)cc1C(F)(F)F. The van der Waals surface area contributed by atoms with Crippen LogP contribution in [-0.2, 0) is 15.7 Å². The van der Waals surface area contributed by atoms with E-state index in [0.29, 0.717) is 6.07 Å². The van der Waals surface area contributed by atoms with E-state index >= 15 is 0 Å². The van der Waals surface area contributed by atoms with Crippen LogP contribution < -0.4 is 5.73 Å². The minimum atomic E-state index is -4.76. The molecule has 3 nitrogen and oxygen atoms in total. The summed E-state index contributed by atoms with van der Waals surface area (Å²) in [5.41, 5.74) is 2.85. The predicted octanol–water partition coefficient (Wildman–Crippen LogP) is 3.04. The summed E-state index contributed by atoms with van der Waals surface area (Å²) in [5, 5.41) is 0. The van der Waals surface area contributed by atoms with E-state index < -0.39 is 35.0 Å². The average molecular weight is 293 g/mol. The van der Waals surface area contributed by atoms with E-state index in [1.807, 2.05) is 0 Å². The van der Waals surface area contributed by atoms with Gasteiger partial charge in [-0.25, -0.2) is 4.39 Å². The molecule has 1 aromatic rings. The lowest BCUT2D eigenvalue weighted by Gasteiger charge is -2.30. The third-order valence-electron chi connectivity index (χ3n) is 3.14. The van der Waals surface area contributed by atoms with Crippen LogP contribution in [0.5, 0.6) is 0 Å². The van der Waals surface area contributed by atoms with Gasteiger partial charge in [-0.3, -0.25) is 4.79 Å². The smallest absolute Gasteiger partial charge is 0.416 e. The van der Waals surface area contributed by atoms with Crippen LogP contribution in [0, 0.1) is 11.2 Å². The molecule has 0 aliphatic heterocycles. The number of hydrogen-bond acceptors (Lipinski definition) is 3. The summed E-state index contributed by atoms with van der Waals surface area (Å²) in [7, 11) is 1.12. The topological polar surface area (TPSA) is 52.3 Å². The molecule has 0 radical (unpaired) electrons. The number of rotatable bonds is 3. The van der Waals surface area contributed by atoms with E-state index in [1.54, 1.807) is 0 Å². The van der Waals surface area contributed by atoms with Crippen LogP contribution in [0.3, 0.4) is 0 Å². The number of hydrogen-bond donors (Lipinski definition) is 1. The highest BCUT2D eigenvalue weighted by Gasteiger charge is 2.42. The van der Waals surface area contributed by atoms with Crippen LogP contribution in [0.15, 0.2) is 18.2 Å². The van der Waals surface area contributed by atoms with Gasteiger partial charge in [-0.2, -0.15) is 13.2 Å². The Morgan fingerprint density at radius 3 is 2.30 bits per heavy atom. The van der Waals surface area contributed by atoms with Crippen molar-refractivity contribution in [2.24, 2.45) is 11.1 Å². The van der Waals surface area contributed by atoms with E-state index in [0.717, 1.165) is 19.2 Å². The minimum Gasteiger partial charge on any atom is -0.469 e. The van der Waals surface area contributed by atoms with Crippen molar-refractivity contribution in [2.45, 2.75) is 26.1 Å². The first-order valence-electron chi connectivity index (χ1n) is 5.72. The third-order valence-corrected chi connectivity index (χ3v) is 3.14. The molecule has 0 spiro atoms. The lowest BCUT2D eigenvalue weighted by Crippen LogP contribution is -2.38. The van der Waals surface area contributed by atoms with E-state index in [2.05, 4.69) is 4.74 Å². The van der Waals surface area contributed by atoms with Gasteiger partial charge < -0.3 is 10.5 Å². The number of nitrogens with two attached hydrogens (primary N) is 1. The molecule has 0 fully saturated rings. The molecule has 7 heteroatoms. The number of methoxy groups -OCH3 is 1. The molecule has 2 N–H and O–H groups in total. The molecule has 0 amide bonds. The number of benzene rings is 1. The standard InChI is InChI=1S/C13H15F4NO2/c1-12(2,11(19)20-3)10(18)8-5-4-7(14)6-9(8)13(15,16)17/h4-6,10H,18H2,1-3H3/t10-/m1/s1. The Balaban J connectivity index is 3.37. The van der Waals surface area contributed by atoms with Crippen molar-refractivity contribution in [3.8, 4) is 0 Å². The Hall–Kier alpha value is -1.63. The quantitative estimate of drug-likeness (QED) is 0.688. The van der Waals surface area contributed by atoms with Gasteiger partial charge in [-0.15, -0.1) is 0 Å². The highest BCUT2D eigenvalue weighted by Crippen LogP contribution is 2.40. The van der Waals surface area contributed by atoms with Gasteiger partial charge in [0.25, 0.3) is 0 Å². The normalized spacial score (nSPS) is 14.0. The molecule has 1 atom stereocenters. The summed E-state index contributed by atoms with van der Waals surface area (Å²) < 4.78 is 56.3. The molecule has 112 valence electrons. The fraction of sp³-hybridized carbons (Fsp3) is 0.462. The summed E-state index contributed by atoms with van der Waals surface area (Å²) in [4.78, 5) is 11.6. The molecule has 20 heavy (non-hydrogen) atoms. The fourth-order valence-electron chi connectivity index (χ4n) is 1.82. The van der Waals surface area contributed by atoms with Gasteiger partial charge in [0.05, 0.1) is 18.1 Å². The van der Waals surface area contributed by atoms with E-state index in [9.17, 15) is 22.4 Å². The average Bonchev–Trinajstić information content (AvgIpc) is 2.35. The zero-order chi connectivity index (χ0) is 15.7. The van der Waals surface area contributed by atoms with Gasteiger partial charge in [-0.1, -0.05) is 6.07 Å². The second-order valence-corrected chi connectivity index (χ2v) is 4.92. The Kier molecular flexibility index (Phi) is 4.43. The Labute approximate surface area is 113 Å². The van der Waals surface area contributed by atoms with Crippen molar-refractivity contribution in [2.75, 3.05) is 7.11 Å². The maximum Gasteiger partial charge on any atom is 0.416 e. The van der Waals surface area contributed by atoms with E-state index in [1.165, 1.54) is 13.8 Å². The second kappa shape index (κ2) is 5.40. The molecule has 0 aromatic heterocycles. The predicted molar refractivity (Wildman–Crippen MR) is 64.1 cm³/mol. The van der Waals surface area contributed by atoms with Gasteiger partial charge in [0.15, 0.2) is 0 Å². The monoisotopic (exact) mass is 293 g/mol. The number of halogens is 4. The van der Waals surface area contributed by atoms with Crippen molar-refractivity contribution in [1.29, 1.82) is 0 Å². The lowest BCUT2D eigenvalue weighted by atomic mass is 9.79. The summed E-state index contributed by atoms with van der Waals surface area (Å²) >= 11 is 0. The third kappa shape index (κ3) is 3.09. The highest BCUT2D eigenvalue weighted by molar-refractivity contribution is 5.77. The van der Waals surface area contributed by atoms with Crippen molar-refractivity contribution < 1.29 is 27.1 Å². The van der Waals surface area contributed by atoms with Crippen LogP contribution in [-0.4, -0.2) is 13.1 Å². The fourth-order valence-corrected chi connectivity index (χ4v) is 1.82. The Morgan fingerprint density at radius 1 is 1.30 bits per heavy atom. The van der Waals surface area contributed by atoms with E-state index in [-0.39, 0.29) is 5.56 Å². The molecule has 0 aliphatic rings. The lowest BCUT2D eigenvalue weighted by molar-refractivity contribution is -0.153. The number of esters is 1. The molecule has 0 unspecified atom stereocenters. The molecule has 1 aromatic carbocycles. The zero-order valence-corrected chi connectivity index (χ0v) is 11.2. The van der Waals surface area contributed by atoms with Crippen LogP contribution in [0.4, 0.5) is 17.6 Å². The minimum absolute atomic E-state index is 0.352. The van der Waals surface area contributed by atoms with Gasteiger partial charge in [-0.05, 0) is 31.5 Å². The number of ether oxygens (including phenoxy) is 1. The number of carbonyl (C=O) groups excluding carboxylic acids is 1. The number of carbonyl (C=O) groups is 1. The molecule has 0 saturated carbocycles. The molecule has 1 rings (SSSR count). The van der Waals surface area contributed by atoms with Crippen LogP contribution in [0.25, 0.3) is 0 Å². The van der Waals surface area contributed by atoms with Crippen LogP contribution in [0.1, 0.15) is 31.0 Å². The van der Waals surface area contributed by atoms with E-state index in [4.69, 9.17) is 5.73 Å². The van der Waals surface area contributed by atoms with Gasteiger partial charge in [0.1, 0.15) is 5.82 Å². The first-order valence-corrected chi connectivity index (χ1v) is 5.72. The van der Waals surface area contributed by atoms with Crippen molar-refractivity contribution in [1.82, 2.24) is 0 Å². The summed E-state index contributed by atoms with van der Waals surface area (Å²) in [5.74, 6) is -1.77. The highest BCUT2D eigenvalue weighted by atomic mass is 19.4. The second-order valence-electron chi connectivity index (χ2n) is 4.92. The zero-order valence-electron chi connectivity index (χ0n) is 11.2. The first kappa shape index (κ1) is 16.4. The van der Waals surface area contributed by atoms with Crippen molar-refractivity contribution in [3.05, 3.63) is 35.1 Å². The van der Waals surface area contributed by atoms with Crippen LogP contribution >= 0.6 is 0 Å². The first-order chi connectivity index (χ1) is 9.01. The number of alkyl halides is 3. The van der Waals surface area contributed by atoms with Crippen molar-refractivity contribution >= 4 is 5.97 Å². The van der Waals surface area contributed by atoms with Gasteiger partial charge in [0.2, 0.25) is 0 Å². The molecular weight excluding hydrogens is 278 g/mol. The Bertz CT molecular complexity index is 512. The maximum atomic E-state index is 13.0. The molecule has 0 bridgehead atoms. The summed E-state index contributed by atoms with van der Waals surface area (Å²) in [6.45, 7) is 2.74. The molecule has 0 heterocycles. The molecular formula is C13H15F4NO2. The summed E-state index contributed by atoms with van der Waals surface area (Å²) in [6, 6.07) is 0.889. The van der Waals surface area contributed by atoms with Gasteiger partial charge >= 0.3 is 12.1 Å². The van der Waals surface area contributed by atoms with Gasteiger partial charge in [0, 0.05) is 6.04 Å². The summed E-state index contributed by atoms with van der Waals surface area (Å²) in [6.07, 6.45) is -4.76. The largest absolute Gasteiger partial charge is 0.469 e. The molecule has 0 aliphatic carbocycles. The van der Waals surface area contributed by atoms with Crippen LogP contribution in [0.2, 0.25) is 0 Å². The van der Waals surface area contributed by atoms with Crippen molar-refractivity contribution in [3.63, 3.8) is 0 Å². The molecule has 0 saturated heterocycles.